The van der Waals surface area contributed by atoms with Crippen molar-refractivity contribution in [3.05, 3.63) is 96.8 Å². The van der Waals surface area contributed by atoms with Crippen molar-refractivity contribution in [3.63, 3.8) is 0 Å². The number of carbonyl (C=O) groups is 2. The molecule has 19 heteroatoms. The zero-order valence-corrected chi connectivity index (χ0v) is 28.8. The van der Waals surface area contributed by atoms with Gasteiger partial charge in [-0.2, -0.15) is 23.1 Å². The number of methoxy groups -OCH3 is 2. The number of hydrogen-bond donors (Lipinski definition) is 1. The van der Waals surface area contributed by atoms with E-state index in [0.29, 0.717) is 26.5 Å². The highest BCUT2D eigenvalue weighted by Crippen LogP contribution is 2.30. The van der Waals surface area contributed by atoms with Gasteiger partial charge < -0.3 is 28.9 Å². The summed E-state index contributed by atoms with van der Waals surface area (Å²) < 4.78 is 60.2. The predicted octanol–water partition coefficient (Wildman–Crippen LogP) is 5.13. The van der Waals surface area contributed by atoms with Crippen LogP contribution in [-0.2, 0) is 22.8 Å². The van der Waals surface area contributed by atoms with Crippen LogP contribution < -0.4 is 25.5 Å². The van der Waals surface area contributed by atoms with Crippen LogP contribution in [0.15, 0.2) is 63.3 Å². The molecule has 0 aliphatic rings. The van der Waals surface area contributed by atoms with Crippen molar-refractivity contribution in [2.24, 2.45) is 12.2 Å². The second-order valence-corrected chi connectivity index (χ2v) is 10.7. The Kier molecular flexibility index (Phi) is 12.9. The van der Waals surface area contributed by atoms with Crippen LogP contribution >= 0.6 is 11.6 Å². The number of carbonyl (C=O) groups excluding carboxylic acids is 1. The first-order chi connectivity index (χ1) is 23.9. The number of aromatic carboxylic acids is 1. The second kappa shape index (κ2) is 16.7. The van der Waals surface area contributed by atoms with E-state index in [1.165, 1.54) is 45.6 Å². The normalized spacial score (nSPS) is 11.3. The minimum absolute atomic E-state index is 0.0104. The van der Waals surface area contributed by atoms with E-state index in [1.807, 2.05) is 0 Å². The molecule has 0 radical (unpaired) electrons. The molecular formula is C32H31ClF3N5O10. The Bertz CT molecular complexity index is 2060. The van der Waals surface area contributed by atoms with Gasteiger partial charge in [0.25, 0.3) is 5.56 Å². The predicted molar refractivity (Wildman–Crippen MR) is 176 cm³/mol. The molecule has 0 amide bonds. The zero-order chi connectivity index (χ0) is 38.2. The van der Waals surface area contributed by atoms with E-state index in [2.05, 4.69) is 15.1 Å². The average Bonchev–Trinajstić information content (AvgIpc) is 3.06. The third-order valence-electron chi connectivity index (χ3n) is 6.52. The SMILES string of the molecule is CC(C)OC(=O)c1cc(-n2c(=O)cc(C(F)(F)F)n(C)c2=O)ccc1Cl.CON=C(C)c1cccc(Oc2nc(OC)cc(OC)n2)c1C(=O)O. The van der Waals surface area contributed by atoms with Crippen LogP contribution in [-0.4, -0.2) is 69.3 Å². The summed E-state index contributed by atoms with van der Waals surface area (Å²) in [6.07, 6.45) is -5.30. The molecule has 272 valence electrons. The number of hydrogen-bond acceptors (Lipinski definition) is 12. The summed E-state index contributed by atoms with van der Waals surface area (Å²) in [5.74, 6) is -1.50. The van der Waals surface area contributed by atoms with Crippen LogP contribution in [0.25, 0.3) is 5.69 Å². The van der Waals surface area contributed by atoms with Gasteiger partial charge in [-0.1, -0.05) is 28.9 Å². The number of esters is 1. The fraction of sp³-hybridized carbons (Fsp3) is 0.281. The summed E-state index contributed by atoms with van der Waals surface area (Å²) in [5.41, 5.74) is -3.36. The molecule has 0 saturated carbocycles. The largest absolute Gasteiger partial charge is 0.481 e. The minimum atomic E-state index is -4.86. The van der Waals surface area contributed by atoms with E-state index < -0.39 is 41.2 Å². The van der Waals surface area contributed by atoms with Crippen molar-refractivity contribution in [1.82, 2.24) is 19.1 Å². The molecule has 0 bridgehead atoms. The second-order valence-electron chi connectivity index (χ2n) is 10.3. The molecule has 2 aromatic carbocycles. The molecule has 0 spiro atoms. The first kappa shape index (κ1) is 39.5. The topological polar surface area (TPSA) is 183 Å². The summed E-state index contributed by atoms with van der Waals surface area (Å²) >= 11 is 5.94. The number of aromatic nitrogens is 4. The third kappa shape index (κ3) is 9.62. The molecule has 0 aliphatic heterocycles. The lowest BCUT2D eigenvalue weighted by Gasteiger charge is -2.15. The van der Waals surface area contributed by atoms with Gasteiger partial charge in [0.05, 0.1) is 48.4 Å². The highest BCUT2D eigenvalue weighted by molar-refractivity contribution is 6.33. The van der Waals surface area contributed by atoms with Gasteiger partial charge in [0.1, 0.15) is 24.1 Å². The van der Waals surface area contributed by atoms with Gasteiger partial charge in [0, 0.05) is 18.7 Å². The van der Waals surface area contributed by atoms with E-state index in [1.54, 1.807) is 32.9 Å². The van der Waals surface area contributed by atoms with Crippen molar-refractivity contribution >= 4 is 29.3 Å². The average molecular weight is 738 g/mol. The summed E-state index contributed by atoms with van der Waals surface area (Å²) in [5, 5.41) is 13.4. The molecule has 4 rings (SSSR count). The molecule has 4 aromatic rings. The van der Waals surface area contributed by atoms with E-state index in [4.69, 9.17) is 35.4 Å². The minimum Gasteiger partial charge on any atom is -0.481 e. The molecule has 1 N–H and O–H groups in total. The Morgan fingerprint density at radius 2 is 1.59 bits per heavy atom. The third-order valence-corrected chi connectivity index (χ3v) is 6.85. The number of carboxylic acid groups (broad SMARTS) is 1. The van der Waals surface area contributed by atoms with Crippen LogP contribution in [0.4, 0.5) is 13.2 Å². The number of nitrogens with zero attached hydrogens (tertiary/aromatic N) is 5. The fourth-order valence-electron chi connectivity index (χ4n) is 4.28. The Morgan fingerprint density at radius 3 is 2.12 bits per heavy atom. The number of halogens is 4. The van der Waals surface area contributed by atoms with Crippen LogP contribution in [0.5, 0.6) is 23.5 Å². The highest BCUT2D eigenvalue weighted by Gasteiger charge is 2.35. The van der Waals surface area contributed by atoms with Gasteiger partial charge in [-0.25, -0.2) is 19.0 Å². The number of benzene rings is 2. The molecule has 0 atom stereocenters. The standard InChI is InChI=1S/C16H14ClF3N2O4.C16H17N3O6/c1-8(2)26-14(24)10-6-9(4-5-11(10)17)22-13(23)7-12(16(18,19)20)21(3)15(22)25;1-9(19-24-4)10-6-5-7-11(14(10)15(20)21)25-16-17-12(22-2)8-13(18-16)23-3/h4-8H,1-3H3;5-8H,1-4H3,(H,20,21). The number of oxime groups is 1. The smallest absolute Gasteiger partial charge is 0.431 e. The number of carboxylic acids is 1. The molecule has 2 aromatic heterocycles. The van der Waals surface area contributed by atoms with Gasteiger partial charge in [-0.15, -0.1) is 0 Å². The maximum absolute atomic E-state index is 12.9. The highest BCUT2D eigenvalue weighted by atomic mass is 35.5. The Morgan fingerprint density at radius 1 is 0.961 bits per heavy atom. The van der Waals surface area contributed by atoms with Crippen LogP contribution in [0, 0.1) is 0 Å². The van der Waals surface area contributed by atoms with E-state index in [0.717, 1.165) is 13.1 Å². The summed E-state index contributed by atoms with van der Waals surface area (Å²) in [4.78, 5) is 60.9. The number of ether oxygens (including phenoxy) is 4. The molecule has 0 aliphatic carbocycles. The van der Waals surface area contributed by atoms with Crippen molar-refractivity contribution in [2.45, 2.75) is 33.1 Å². The Balaban J connectivity index is 0.000000276. The lowest BCUT2D eigenvalue weighted by Crippen LogP contribution is -2.40. The quantitative estimate of drug-likeness (QED) is 0.129. The van der Waals surface area contributed by atoms with Gasteiger partial charge in [0.15, 0.2) is 0 Å². The van der Waals surface area contributed by atoms with Gasteiger partial charge in [0.2, 0.25) is 11.8 Å². The first-order valence-corrected chi connectivity index (χ1v) is 14.8. The zero-order valence-electron chi connectivity index (χ0n) is 28.1. The summed E-state index contributed by atoms with van der Waals surface area (Å²) in [6.45, 7) is 4.86. The van der Waals surface area contributed by atoms with Gasteiger partial charge >= 0.3 is 29.8 Å². The van der Waals surface area contributed by atoms with Crippen molar-refractivity contribution in [3.8, 4) is 29.2 Å². The summed E-state index contributed by atoms with van der Waals surface area (Å²) in [7, 11) is 5.13. The molecule has 15 nitrogen and oxygen atoms in total. The van der Waals surface area contributed by atoms with Crippen LogP contribution in [0.2, 0.25) is 5.02 Å². The first-order valence-electron chi connectivity index (χ1n) is 14.4. The van der Waals surface area contributed by atoms with Crippen LogP contribution in [0.1, 0.15) is 52.7 Å². The summed E-state index contributed by atoms with van der Waals surface area (Å²) in [6, 6.07) is 9.98. The van der Waals surface area contributed by atoms with E-state index in [-0.39, 0.29) is 45.4 Å². The molecule has 0 fully saturated rings. The molecule has 0 saturated heterocycles. The molecule has 51 heavy (non-hydrogen) atoms. The molecule has 2 heterocycles. The van der Waals surface area contributed by atoms with Gasteiger partial charge in [-0.3, -0.25) is 9.36 Å². The molecular weight excluding hydrogens is 707 g/mol. The van der Waals surface area contributed by atoms with E-state index in [9.17, 15) is 37.5 Å². The maximum Gasteiger partial charge on any atom is 0.431 e. The number of alkyl halides is 3. The van der Waals surface area contributed by atoms with Crippen LogP contribution in [0.3, 0.4) is 0 Å². The fourth-order valence-corrected chi connectivity index (χ4v) is 4.48. The maximum atomic E-state index is 12.9. The number of rotatable bonds is 10. The van der Waals surface area contributed by atoms with Crippen molar-refractivity contribution < 1.29 is 51.7 Å². The monoisotopic (exact) mass is 737 g/mol. The Labute approximate surface area is 292 Å². The molecule has 0 unspecified atom stereocenters. The van der Waals surface area contributed by atoms with Crippen molar-refractivity contribution in [2.75, 3.05) is 21.3 Å². The lowest BCUT2D eigenvalue weighted by molar-refractivity contribution is -0.144. The lowest BCUT2D eigenvalue weighted by atomic mass is 10.0. The van der Waals surface area contributed by atoms with Crippen molar-refractivity contribution in [1.29, 1.82) is 0 Å². The Hall–Kier alpha value is -5.91. The van der Waals surface area contributed by atoms with Gasteiger partial charge in [-0.05, 0) is 45.0 Å². The van der Waals surface area contributed by atoms with E-state index >= 15 is 0 Å².